The maximum atomic E-state index is 12.2. The summed E-state index contributed by atoms with van der Waals surface area (Å²) in [5, 5.41) is 18.4. The van der Waals surface area contributed by atoms with E-state index in [1.54, 1.807) is 17.0 Å². The molecule has 1 amide bonds. The lowest BCUT2D eigenvalue weighted by Gasteiger charge is -2.33. The molecule has 8 nitrogen and oxygen atoms in total. The molecule has 2 aromatic rings. The third-order valence-electron chi connectivity index (χ3n) is 4.91. The first-order chi connectivity index (χ1) is 14.2. The van der Waals surface area contributed by atoms with Crippen LogP contribution >= 0.6 is 11.8 Å². The lowest BCUT2D eigenvalue weighted by atomic mass is 9.96. The zero-order chi connectivity index (χ0) is 21.9. The quantitative estimate of drug-likeness (QED) is 0.724. The lowest BCUT2D eigenvalue weighted by Crippen LogP contribution is -2.41. The summed E-state index contributed by atoms with van der Waals surface area (Å²) in [6, 6.07) is 7.07. The lowest BCUT2D eigenvalue weighted by molar-refractivity contribution is 0.0202. The number of rotatable bonds is 5. The Morgan fingerprint density at radius 3 is 2.37 bits per heavy atom. The van der Waals surface area contributed by atoms with E-state index in [-0.39, 0.29) is 17.8 Å². The van der Waals surface area contributed by atoms with Gasteiger partial charge in [-0.15, -0.1) is 10.2 Å². The molecule has 2 heterocycles. The van der Waals surface area contributed by atoms with Crippen molar-refractivity contribution in [2.24, 2.45) is 7.05 Å². The van der Waals surface area contributed by atoms with Crippen molar-refractivity contribution in [3.63, 3.8) is 0 Å². The van der Waals surface area contributed by atoms with E-state index >= 15 is 0 Å². The Morgan fingerprint density at radius 1 is 1.17 bits per heavy atom. The molecule has 0 saturated carbocycles. The number of hydrogen-bond donors (Lipinski definition) is 1. The van der Waals surface area contributed by atoms with Crippen molar-refractivity contribution in [1.82, 2.24) is 19.7 Å². The highest BCUT2D eigenvalue weighted by Gasteiger charge is 2.30. The minimum atomic E-state index is -0.494. The van der Waals surface area contributed by atoms with Gasteiger partial charge >= 0.3 is 6.09 Å². The van der Waals surface area contributed by atoms with Crippen LogP contribution in [0.5, 0.6) is 0 Å². The van der Waals surface area contributed by atoms with E-state index < -0.39 is 12.2 Å². The van der Waals surface area contributed by atoms with Crippen LogP contribution in [0.15, 0.2) is 34.3 Å². The molecule has 0 bridgehead atoms. The molecular formula is C21H28N4O4S. The number of piperidine rings is 1. The van der Waals surface area contributed by atoms with Crippen LogP contribution in [0.25, 0.3) is 0 Å². The largest absolute Gasteiger partial charge is 0.444 e. The number of carbonyl (C=O) groups is 2. The SMILES string of the molecule is Cn1c(Sc2ccc(C(=O)CO)cc2)nnc1C1CCN(C(=O)OC(C)(C)C)CC1. The van der Waals surface area contributed by atoms with Crippen molar-refractivity contribution in [1.29, 1.82) is 0 Å². The fourth-order valence-corrected chi connectivity index (χ4v) is 4.12. The summed E-state index contributed by atoms with van der Waals surface area (Å²) in [5.74, 6) is 0.846. The molecule has 1 aromatic heterocycles. The number of aliphatic hydroxyl groups excluding tert-OH is 1. The zero-order valence-electron chi connectivity index (χ0n) is 17.8. The smallest absolute Gasteiger partial charge is 0.410 e. The molecule has 0 unspecified atom stereocenters. The van der Waals surface area contributed by atoms with Crippen molar-refractivity contribution >= 4 is 23.6 Å². The van der Waals surface area contributed by atoms with Gasteiger partial charge in [-0.3, -0.25) is 4.79 Å². The van der Waals surface area contributed by atoms with Gasteiger partial charge in [-0.2, -0.15) is 0 Å². The van der Waals surface area contributed by atoms with E-state index in [4.69, 9.17) is 9.84 Å². The van der Waals surface area contributed by atoms with Gasteiger partial charge in [-0.25, -0.2) is 4.79 Å². The first kappa shape index (κ1) is 22.3. The molecule has 162 valence electrons. The van der Waals surface area contributed by atoms with E-state index in [1.807, 2.05) is 44.5 Å². The van der Waals surface area contributed by atoms with Gasteiger partial charge in [0.05, 0.1) is 0 Å². The number of hydrogen-bond acceptors (Lipinski definition) is 7. The Balaban J connectivity index is 1.61. The van der Waals surface area contributed by atoms with Crippen LogP contribution < -0.4 is 0 Å². The fourth-order valence-electron chi connectivity index (χ4n) is 3.32. The van der Waals surface area contributed by atoms with Gasteiger partial charge in [0.2, 0.25) is 0 Å². The molecule has 1 aromatic carbocycles. The van der Waals surface area contributed by atoms with Crippen molar-refractivity contribution in [3.05, 3.63) is 35.7 Å². The summed E-state index contributed by atoms with van der Waals surface area (Å²) in [4.78, 5) is 26.5. The predicted molar refractivity (Wildman–Crippen MR) is 113 cm³/mol. The van der Waals surface area contributed by atoms with Crippen LogP contribution in [-0.2, 0) is 11.8 Å². The average molecular weight is 433 g/mol. The minimum Gasteiger partial charge on any atom is -0.444 e. The summed E-state index contributed by atoms with van der Waals surface area (Å²) >= 11 is 1.47. The van der Waals surface area contributed by atoms with Crippen LogP contribution in [0.4, 0.5) is 4.79 Å². The number of ether oxygens (including phenoxy) is 1. The molecule has 0 spiro atoms. The molecule has 1 N–H and O–H groups in total. The highest BCUT2D eigenvalue weighted by molar-refractivity contribution is 7.99. The molecule has 1 aliphatic heterocycles. The zero-order valence-corrected chi connectivity index (χ0v) is 18.6. The molecule has 1 fully saturated rings. The number of benzene rings is 1. The number of aliphatic hydroxyl groups is 1. The standard InChI is InChI=1S/C21H28N4O4S/c1-21(2,3)29-20(28)25-11-9-15(10-12-25)18-22-23-19(24(18)4)30-16-7-5-14(6-8-16)17(27)13-26/h5-8,15,26H,9-13H2,1-4H3. The molecule has 0 atom stereocenters. The maximum Gasteiger partial charge on any atom is 0.410 e. The first-order valence-electron chi connectivity index (χ1n) is 9.97. The number of likely N-dealkylation sites (tertiary alicyclic amines) is 1. The second-order valence-corrected chi connectivity index (χ2v) is 9.39. The summed E-state index contributed by atoms with van der Waals surface area (Å²) < 4.78 is 7.45. The van der Waals surface area contributed by atoms with E-state index in [9.17, 15) is 9.59 Å². The van der Waals surface area contributed by atoms with E-state index in [0.717, 1.165) is 28.7 Å². The highest BCUT2D eigenvalue weighted by atomic mass is 32.2. The average Bonchev–Trinajstić information content (AvgIpc) is 3.07. The van der Waals surface area contributed by atoms with Gasteiger partial charge in [0.15, 0.2) is 10.9 Å². The van der Waals surface area contributed by atoms with Gasteiger partial charge in [-0.1, -0.05) is 12.1 Å². The number of nitrogens with zero attached hydrogens (tertiary/aromatic N) is 4. The van der Waals surface area contributed by atoms with Gasteiger partial charge in [0, 0.05) is 36.5 Å². The van der Waals surface area contributed by atoms with Gasteiger partial charge in [-0.05, 0) is 57.5 Å². The second-order valence-electron chi connectivity index (χ2n) is 8.35. The normalized spacial score (nSPS) is 15.3. The van der Waals surface area contributed by atoms with Crippen LogP contribution in [-0.4, -0.2) is 61.9 Å². The predicted octanol–water partition coefficient (Wildman–Crippen LogP) is 3.26. The van der Waals surface area contributed by atoms with Crippen LogP contribution in [0.2, 0.25) is 0 Å². The molecule has 0 radical (unpaired) electrons. The molecule has 0 aliphatic carbocycles. The van der Waals surface area contributed by atoms with Gasteiger partial charge in [0.1, 0.15) is 18.0 Å². The topological polar surface area (TPSA) is 97.5 Å². The molecule has 1 saturated heterocycles. The Hall–Kier alpha value is -2.39. The summed E-state index contributed by atoms with van der Waals surface area (Å²) in [6.45, 7) is 6.38. The third-order valence-corrected chi connectivity index (χ3v) is 5.96. The van der Waals surface area contributed by atoms with E-state index in [1.165, 1.54) is 11.8 Å². The summed E-state index contributed by atoms with van der Waals surface area (Å²) in [5.41, 5.74) is -0.00926. The highest BCUT2D eigenvalue weighted by Crippen LogP contribution is 2.32. The molecule has 30 heavy (non-hydrogen) atoms. The van der Waals surface area contributed by atoms with Gasteiger partial charge in [0.25, 0.3) is 0 Å². The summed E-state index contributed by atoms with van der Waals surface area (Å²) in [7, 11) is 1.95. The fraction of sp³-hybridized carbons (Fsp3) is 0.524. The maximum absolute atomic E-state index is 12.2. The van der Waals surface area contributed by atoms with E-state index in [0.29, 0.717) is 18.7 Å². The monoisotopic (exact) mass is 432 g/mol. The Morgan fingerprint density at radius 2 is 1.80 bits per heavy atom. The van der Waals surface area contributed by atoms with Crippen LogP contribution in [0.3, 0.4) is 0 Å². The van der Waals surface area contributed by atoms with Crippen molar-refractivity contribution in [2.75, 3.05) is 19.7 Å². The molecule has 9 heteroatoms. The third kappa shape index (κ3) is 5.40. The van der Waals surface area contributed by atoms with Crippen molar-refractivity contribution < 1.29 is 19.4 Å². The Kier molecular flexibility index (Phi) is 6.82. The van der Waals surface area contributed by atoms with Crippen LogP contribution in [0.1, 0.15) is 55.7 Å². The van der Waals surface area contributed by atoms with Crippen molar-refractivity contribution in [3.8, 4) is 0 Å². The van der Waals surface area contributed by atoms with E-state index in [2.05, 4.69) is 10.2 Å². The molecular weight excluding hydrogens is 404 g/mol. The Labute approximate surface area is 180 Å². The first-order valence-corrected chi connectivity index (χ1v) is 10.8. The number of Topliss-reactive ketones (excluding diaryl/α,β-unsaturated/α-hetero) is 1. The second kappa shape index (κ2) is 9.18. The number of carbonyl (C=O) groups excluding carboxylic acids is 2. The number of amides is 1. The summed E-state index contributed by atoms with van der Waals surface area (Å²) in [6.07, 6.45) is 1.36. The van der Waals surface area contributed by atoms with Crippen LogP contribution in [0, 0.1) is 0 Å². The molecule has 1 aliphatic rings. The van der Waals surface area contributed by atoms with Crippen molar-refractivity contribution in [2.45, 2.75) is 55.2 Å². The van der Waals surface area contributed by atoms with Gasteiger partial charge < -0.3 is 19.3 Å². The minimum absolute atomic E-state index is 0.236. The number of aromatic nitrogens is 3. The Bertz CT molecular complexity index is 897. The number of ketones is 1. The molecule has 3 rings (SSSR count).